The fourth-order valence-corrected chi connectivity index (χ4v) is 16.6. The molecule has 0 aliphatic carbocycles. The highest BCUT2D eigenvalue weighted by atomic mass is 16.5. The Kier molecular flexibility index (Phi) is 21.2. The van der Waals surface area contributed by atoms with E-state index in [9.17, 15) is 0 Å². The van der Waals surface area contributed by atoms with Crippen molar-refractivity contribution in [3.8, 4) is 67.5 Å². The van der Waals surface area contributed by atoms with E-state index in [4.69, 9.17) is 38.9 Å². The van der Waals surface area contributed by atoms with Gasteiger partial charge in [0.15, 0.2) is 22.6 Å². The Labute approximate surface area is 636 Å². The number of likely N-dealkylation sites (N-methyl/N-ethyl adjacent to an activating group) is 1. The predicted octanol–water partition coefficient (Wildman–Crippen LogP) is 11.9. The number of nitrogens with one attached hydrogen (secondary N) is 4. The minimum absolute atomic E-state index is 0.245. The van der Waals surface area contributed by atoms with Crippen LogP contribution in [0.25, 0.3) is 67.1 Å². The van der Waals surface area contributed by atoms with E-state index in [-0.39, 0.29) is 6.10 Å². The summed E-state index contributed by atoms with van der Waals surface area (Å²) in [6.07, 6.45) is 26.9. The van der Waals surface area contributed by atoms with Crippen molar-refractivity contribution >= 4 is 45.9 Å². The smallest absolute Gasteiger partial charge is 0.165 e. The van der Waals surface area contributed by atoms with E-state index in [1.165, 1.54) is 73.6 Å². The molecule has 566 valence electrons. The summed E-state index contributed by atoms with van der Waals surface area (Å²) >= 11 is 0. The molecule has 0 radical (unpaired) electrons. The minimum atomic E-state index is 0.245. The molecule has 4 fully saturated rings. The second-order valence-corrected chi connectivity index (χ2v) is 30.4. The number of rotatable bonds is 0. The van der Waals surface area contributed by atoms with Crippen LogP contribution in [0.2, 0.25) is 0 Å². The Balaban J connectivity index is 0.000000106. The van der Waals surface area contributed by atoms with Crippen LogP contribution in [0.1, 0.15) is 80.0 Å². The van der Waals surface area contributed by atoms with Gasteiger partial charge in [-0.05, 0) is 210 Å². The fraction of sp³-hybridized carbons (Fsp3) is 0.429. The highest BCUT2D eigenvalue weighted by Crippen LogP contribution is 2.37. The fourth-order valence-electron chi connectivity index (χ4n) is 16.6. The number of fused-ring (bicyclic) bond motifs is 21. The second kappa shape index (κ2) is 32.4. The van der Waals surface area contributed by atoms with E-state index in [0.29, 0.717) is 24.7 Å². The van der Waals surface area contributed by atoms with Crippen molar-refractivity contribution in [2.24, 2.45) is 0 Å². The van der Waals surface area contributed by atoms with E-state index < -0.39 is 0 Å². The summed E-state index contributed by atoms with van der Waals surface area (Å²) in [6, 6.07) is 34.7. The molecule has 0 spiro atoms. The highest BCUT2D eigenvalue weighted by molar-refractivity contribution is 5.84. The van der Waals surface area contributed by atoms with Gasteiger partial charge in [0, 0.05) is 145 Å². The lowest BCUT2D eigenvalue weighted by molar-refractivity contribution is 0.102. The number of aryl methyl sites for hydroxylation is 4. The molecule has 8 aliphatic heterocycles. The first-order chi connectivity index (χ1) is 53.5. The average Bonchev–Trinajstić information content (AvgIpc) is 1.69. The van der Waals surface area contributed by atoms with Gasteiger partial charge >= 0.3 is 0 Å². The quantitative estimate of drug-likeness (QED) is 0.111. The molecule has 4 aromatic carbocycles. The summed E-state index contributed by atoms with van der Waals surface area (Å²) in [5, 5.41) is 31.9. The third-order valence-electron chi connectivity index (χ3n) is 23.0. The molecule has 1 unspecified atom stereocenters. The monoisotopic (exact) mass is 1470 g/mol. The Morgan fingerprint density at radius 3 is 1.28 bits per heavy atom. The summed E-state index contributed by atoms with van der Waals surface area (Å²) in [7, 11) is 2.13. The first kappa shape index (κ1) is 71.5. The lowest BCUT2D eigenvalue weighted by Gasteiger charge is -2.36. The number of benzene rings is 4. The molecule has 16 heterocycles. The first-order valence-electron chi connectivity index (χ1n) is 39.5. The molecule has 18 bridgehead atoms. The zero-order valence-corrected chi connectivity index (χ0v) is 63.5. The maximum Gasteiger partial charge on any atom is 0.165 e. The van der Waals surface area contributed by atoms with Gasteiger partial charge in [-0.2, -0.15) is 20.4 Å². The SMILES string of the molecule is Cc1ccc2cc1-c1cnn3ccc(nc13)N(C)CCN1CCCC[C@H]1CO2.Cc1ccc2cc1-c1cnn3ccc(nc13)NCCN1CCCC[C@H](C1)O2.Cc1ccc2cc1-c1cnn3ccc(nc13)NCCN1CCCC[C@H]1CO2.Cc1ccc2cc1-c1cnn3ccc(nc13)NCCN1CCNC[C@H]1CO2. The zero-order valence-electron chi connectivity index (χ0n) is 63.5. The Morgan fingerprint density at radius 2 is 0.771 bits per heavy atom. The second-order valence-electron chi connectivity index (χ2n) is 30.4. The molecule has 12 aromatic rings. The van der Waals surface area contributed by atoms with Crippen molar-refractivity contribution < 1.29 is 18.9 Å². The highest BCUT2D eigenvalue weighted by Gasteiger charge is 2.29. The van der Waals surface area contributed by atoms with Crippen LogP contribution >= 0.6 is 0 Å². The lowest BCUT2D eigenvalue weighted by atomic mass is 10.0. The Morgan fingerprint density at radius 1 is 0.367 bits per heavy atom. The van der Waals surface area contributed by atoms with Crippen LogP contribution < -0.4 is 45.1 Å². The molecule has 8 aliphatic rings. The molecular weight excluding hydrogens is 1370 g/mol. The molecule has 5 atom stereocenters. The number of nitrogens with zero attached hydrogens (tertiary/aromatic N) is 17. The van der Waals surface area contributed by atoms with E-state index in [0.717, 1.165) is 231 Å². The van der Waals surface area contributed by atoms with Gasteiger partial charge in [0.25, 0.3) is 0 Å². The number of aromatic nitrogens is 12. The minimum Gasteiger partial charge on any atom is -0.492 e. The van der Waals surface area contributed by atoms with E-state index in [1.807, 2.05) is 85.8 Å². The van der Waals surface area contributed by atoms with Gasteiger partial charge in [0.1, 0.15) is 72.2 Å². The van der Waals surface area contributed by atoms with Gasteiger partial charge in [0.05, 0.1) is 30.8 Å². The number of anilines is 4. The maximum absolute atomic E-state index is 6.42. The number of hydrogen-bond acceptors (Lipinski definition) is 21. The van der Waals surface area contributed by atoms with Crippen molar-refractivity contribution in [1.82, 2.24) is 83.3 Å². The molecule has 20 rings (SSSR count). The topological polar surface area (TPSA) is 222 Å². The van der Waals surface area contributed by atoms with Crippen molar-refractivity contribution in [3.05, 3.63) is 169 Å². The average molecular weight is 1470 g/mol. The van der Waals surface area contributed by atoms with Gasteiger partial charge in [-0.1, -0.05) is 37.1 Å². The van der Waals surface area contributed by atoms with E-state index in [2.05, 4.69) is 180 Å². The van der Waals surface area contributed by atoms with Gasteiger partial charge in [0.2, 0.25) is 0 Å². The lowest BCUT2D eigenvalue weighted by Crippen LogP contribution is -2.54. The first-order valence-corrected chi connectivity index (χ1v) is 39.5. The van der Waals surface area contributed by atoms with Crippen LogP contribution in [0.15, 0.2) is 147 Å². The summed E-state index contributed by atoms with van der Waals surface area (Å²) < 4.78 is 32.5. The van der Waals surface area contributed by atoms with Crippen molar-refractivity contribution in [2.75, 3.05) is 146 Å². The van der Waals surface area contributed by atoms with Crippen LogP contribution in [-0.2, 0) is 0 Å². The zero-order chi connectivity index (χ0) is 73.7. The Bertz CT molecular complexity index is 5010. The third kappa shape index (κ3) is 16.1. The molecular formula is C84H101N21O4. The Hall–Kier alpha value is -10.4. The van der Waals surface area contributed by atoms with Gasteiger partial charge in [-0.3, -0.25) is 19.6 Å². The molecule has 4 saturated heterocycles. The van der Waals surface area contributed by atoms with Gasteiger partial charge in [-0.15, -0.1) is 0 Å². The standard InChI is InChI=1S/C22H27N5O.2C21H25N5O.C20H24N6O/c1-16-6-7-18-13-19(16)20-14-23-27-10-8-21(24-22(20)27)25(2)11-12-26-9-4-3-5-17(26)15-28-18;1-15-5-6-16-12-18(15)19-13-23-26-10-7-20(24-21(19)26)22-8-11-25-9-3-2-4-17(14-25)27-16;1-15-5-6-17-12-18(15)19-13-23-26-10-7-20(24-21(19)26)22-8-11-25-9-3-2-4-16(25)14-27-17;1-14-2-3-16-10-17(14)18-12-23-26-7-4-19(24-20(18)26)22-6-9-25-8-5-21-11-15(25)13-27-16/h6-8,10,13-14,17H,3-5,9,11-12,15H2,1-2H3;5-7,10,12-13,17H,2-4,8-9,11,14H2,1H3,(H,22,24);5-7,10,12-13,16H,2-4,8-9,11,14H2,1H3,(H,22,24);2-4,7,10,12,15,21H,5-6,8-9,11,13H2,1H3,(H,22,24)/t2*17-;16-;15-/m0100/s1. The summed E-state index contributed by atoms with van der Waals surface area (Å²) in [4.78, 5) is 31.8. The predicted molar refractivity (Wildman–Crippen MR) is 429 cm³/mol. The summed E-state index contributed by atoms with van der Waals surface area (Å²) in [6.45, 7) is 25.7. The summed E-state index contributed by atoms with van der Waals surface area (Å²) in [5.74, 6) is 7.36. The molecule has 25 nitrogen and oxygen atoms in total. The normalized spacial score (nSPS) is 21.1. The molecule has 4 N–H and O–H groups in total. The maximum atomic E-state index is 6.42. The number of ether oxygens (including phenoxy) is 4. The molecule has 8 aromatic heterocycles. The van der Waals surface area contributed by atoms with Crippen molar-refractivity contribution in [3.63, 3.8) is 0 Å². The van der Waals surface area contributed by atoms with Crippen molar-refractivity contribution in [1.29, 1.82) is 0 Å². The number of piperidine rings is 2. The number of piperazine rings is 1. The van der Waals surface area contributed by atoms with Crippen LogP contribution in [0.5, 0.6) is 23.0 Å². The van der Waals surface area contributed by atoms with Crippen molar-refractivity contribution in [2.45, 2.75) is 110 Å². The number of hydrogen-bond donors (Lipinski definition) is 4. The molecule has 0 saturated carbocycles. The van der Waals surface area contributed by atoms with Crippen LogP contribution in [0.3, 0.4) is 0 Å². The van der Waals surface area contributed by atoms with Crippen LogP contribution in [-0.4, -0.2) is 227 Å². The largest absolute Gasteiger partial charge is 0.492 e. The molecule has 109 heavy (non-hydrogen) atoms. The molecule has 0 amide bonds. The van der Waals surface area contributed by atoms with Crippen LogP contribution in [0.4, 0.5) is 23.3 Å². The van der Waals surface area contributed by atoms with E-state index in [1.54, 1.807) is 0 Å². The van der Waals surface area contributed by atoms with Crippen LogP contribution in [0, 0.1) is 27.7 Å². The third-order valence-corrected chi connectivity index (χ3v) is 23.0. The van der Waals surface area contributed by atoms with Gasteiger partial charge < -0.3 is 45.1 Å². The summed E-state index contributed by atoms with van der Waals surface area (Å²) in [5.41, 5.74) is 16.9. The van der Waals surface area contributed by atoms with Gasteiger partial charge in [-0.25, -0.2) is 38.0 Å². The molecule has 25 heteroatoms. The van der Waals surface area contributed by atoms with E-state index >= 15 is 0 Å².